The fourth-order valence-electron chi connectivity index (χ4n) is 1.65. The maximum atomic E-state index is 13.1. The molecule has 4 nitrogen and oxygen atoms in total. The standard InChI is InChI=1S/C14H12FIN2O2/c1-20-14(19)8-2-4-11(17)13(6-8)18-12-5-3-9(15)7-10(12)16/h2-7,18H,17H2,1H3. The first-order valence-corrected chi connectivity index (χ1v) is 6.79. The molecule has 20 heavy (non-hydrogen) atoms. The van der Waals surface area contributed by atoms with Crippen molar-refractivity contribution in [2.45, 2.75) is 0 Å². The number of methoxy groups -OCH3 is 1. The van der Waals surface area contributed by atoms with E-state index in [2.05, 4.69) is 10.1 Å². The Morgan fingerprint density at radius 1 is 1.25 bits per heavy atom. The van der Waals surface area contributed by atoms with Crippen LogP contribution in [-0.4, -0.2) is 13.1 Å². The van der Waals surface area contributed by atoms with Crippen LogP contribution < -0.4 is 11.1 Å². The normalized spacial score (nSPS) is 10.2. The van der Waals surface area contributed by atoms with E-state index in [9.17, 15) is 9.18 Å². The smallest absolute Gasteiger partial charge is 0.337 e. The van der Waals surface area contributed by atoms with Gasteiger partial charge in [-0.2, -0.15) is 0 Å². The molecule has 0 spiro atoms. The van der Waals surface area contributed by atoms with Crippen molar-refractivity contribution in [1.29, 1.82) is 0 Å². The van der Waals surface area contributed by atoms with Crippen LogP contribution in [0.4, 0.5) is 21.5 Å². The van der Waals surface area contributed by atoms with Gasteiger partial charge in [0.1, 0.15) is 5.82 Å². The van der Waals surface area contributed by atoms with Crippen molar-refractivity contribution < 1.29 is 13.9 Å². The van der Waals surface area contributed by atoms with Crippen LogP contribution >= 0.6 is 22.6 Å². The summed E-state index contributed by atoms with van der Waals surface area (Å²) in [5.41, 5.74) is 8.02. The van der Waals surface area contributed by atoms with Gasteiger partial charge in [0.05, 0.1) is 29.7 Å². The van der Waals surface area contributed by atoms with Crippen molar-refractivity contribution in [2.75, 3.05) is 18.2 Å². The van der Waals surface area contributed by atoms with Crippen LogP contribution in [0.15, 0.2) is 36.4 Å². The first-order valence-electron chi connectivity index (χ1n) is 5.71. The van der Waals surface area contributed by atoms with Gasteiger partial charge in [-0.15, -0.1) is 0 Å². The number of nitrogen functional groups attached to an aromatic ring is 1. The van der Waals surface area contributed by atoms with Gasteiger partial charge in [-0.3, -0.25) is 0 Å². The van der Waals surface area contributed by atoms with Crippen LogP contribution in [0.25, 0.3) is 0 Å². The maximum Gasteiger partial charge on any atom is 0.337 e. The molecule has 6 heteroatoms. The fraction of sp³-hybridized carbons (Fsp3) is 0.0714. The lowest BCUT2D eigenvalue weighted by molar-refractivity contribution is 0.0601. The second kappa shape index (κ2) is 6.08. The lowest BCUT2D eigenvalue weighted by Gasteiger charge is -2.12. The molecule has 2 aromatic rings. The zero-order valence-corrected chi connectivity index (χ0v) is 12.8. The summed E-state index contributed by atoms with van der Waals surface area (Å²) in [6.45, 7) is 0. The molecule has 0 fully saturated rings. The third kappa shape index (κ3) is 3.19. The van der Waals surface area contributed by atoms with Gasteiger partial charge in [0, 0.05) is 3.57 Å². The Morgan fingerprint density at radius 3 is 2.65 bits per heavy atom. The van der Waals surface area contributed by atoms with Gasteiger partial charge in [0.25, 0.3) is 0 Å². The monoisotopic (exact) mass is 386 g/mol. The number of rotatable bonds is 3. The summed E-state index contributed by atoms with van der Waals surface area (Å²) >= 11 is 2.02. The molecular formula is C14H12FIN2O2. The van der Waals surface area contributed by atoms with E-state index >= 15 is 0 Å². The molecular weight excluding hydrogens is 374 g/mol. The van der Waals surface area contributed by atoms with Gasteiger partial charge in [-0.05, 0) is 59.0 Å². The van der Waals surface area contributed by atoms with Crippen LogP contribution in [0, 0.1) is 9.39 Å². The number of nitrogens with two attached hydrogens (primary N) is 1. The number of esters is 1. The summed E-state index contributed by atoms with van der Waals surface area (Å²) in [4.78, 5) is 11.5. The van der Waals surface area contributed by atoms with Crippen LogP contribution in [0.5, 0.6) is 0 Å². The minimum atomic E-state index is -0.443. The molecule has 0 aliphatic carbocycles. The summed E-state index contributed by atoms with van der Waals surface area (Å²) in [6, 6.07) is 9.17. The summed E-state index contributed by atoms with van der Waals surface area (Å²) in [5.74, 6) is -0.752. The summed E-state index contributed by atoms with van der Waals surface area (Å²) in [5, 5.41) is 3.08. The van der Waals surface area contributed by atoms with E-state index in [0.29, 0.717) is 26.2 Å². The average Bonchev–Trinajstić information content (AvgIpc) is 2.43. The number of nitrogens with one attached hydrogen (secondary N) is 1. The molecule has 0 aliphatic heterocycles. The van der Waals surface area contributed by atoms with Crippen molar-refractivity contribution in [1.82, 2.24) is 0 Å². The van der Waals surface area contributed by atoms with Gasteiger partial charge in [-0.1, -0.05) is 0 Å². The van der Waals surface area contributed by atoms with E-state index in [1.54, 1.807) is 24.3 Å². The second-order valence-electron chi connectivity index (χ2n) is 4.04. The highest BCUT2D eigenvalue weighted by Gasteiger charge is 2.10. The quantitative estimate of drug-likeness (QED) is 0.481. The Hall–Kier alpha value is -1.83. The van der Waals surface area contributed by atoms with E-state index in [4.69, 9.17) is 5.73 Å². The molecule has 3 N–H and O–H groups in total. The SMILES string of the molecule is COC(=O)c1ccc(N)c(Nc2ccc(F)cc2I)c1. The number of hydrogen-bond donors (Lipinski definition) is 2. The minimum Gasteiger partial charge on any atom is -0.465 e. The minimum absolute atomic E-state index is 0.309. The molecule has 0 saturated carbocycles. The van der Waals surface area contributed by atoms with E-state index < -0.39 is 5.97 Å². The van der Waals surface area contributed by atoms with E-state index in [-0.39, 0.29) is 5.82 Å². The molecule has 0 aliphatic rings. The summed E-state index contributed by atoms with van der Waals surface area (Å²) in [7, 11) is 1.31. The average molecular weight is 386 g/mol. The Labute approximate surface area is 129 Å². The first kappa shape index (κ1) is 14.6. The third-order valence-electron chi connectivity index (χ3n) is 2.67. The summed E-state index contributed by atoms with van der Waals surface area (Å²) in [6.07, 6.45) is 0. The Morgan fingerprint density at radius 2 is 2.00 bits per heavy atom. The van der Waals surface area contributed by atoms with Crippen LogP contribution in [0.1, 0.15) is 10.4 Å². The van der Waals surface area contributed by atoms with Crippen molar-refractivity contribution in [3.8, 4) is 0 Å². The van der Waals surface area contributed by atoms with Crippen molar-refractivity contribution >= 4 is 45.6 Å². The van der Waals surface area contributed by atoms with Gasteiger partial charge in [0.2, 0.25) is 0 Å². The molecule has 2 rings (SSSR count). The van der Waals surface area contributed by atoms with E-state index in [0.717, 1.165) is 0 Å². The maximum absolute atomic E-state index is 13.1. The molecule has 0 aromatic heterocycles. The predicted molar refractivity (Wildman–Crippen MR) is 84.6 cm³/mol. The van der Waals surface area contributed by atoms with Crippen molar-refractivity contribution in [3.63, 3.8) is 0 Å². The van der Waals surface area contributed by atoms with Crippen molar-refractivity contribution in [2.24, 2.45) is 0 Å². The molecule has 0 bridgehead atoms. The fourth-order valence-corrected chi connectivity index (χ4v) is 2.26. The number of ether oxygens (including phenoxy) is 1. The number of carbonyl (C=O) groups excluding carboxylic acids is 1. The second-order valence-corrected chi connectivity index (χ2v) is 5.20. The van der Waals surface area contributed by atoms with Crippen molar-refractivity contribution in [3.05, 3.63) is 51.3 Å². The van der Waals surface area contributed by atoms with E-state index in [1.165, 1.54) is 19.2 Å². The van der Waals surface area contributed by atoms with E-state index in [1.807, 2.05) is 22.6 Å². The van der Waals surface area contributed by atoms with Crippen LogP contribution in [0.3, 0.4) is 0 Å². The lowest BCUT2D eigenvalue weighted by atomic mass is 10.1. The third-order valence-corrected chi connectivity index (χ3v) is 3.57. The first-order chi connectivity index (χ1) is 9.51. The topological polar surface area (TPSA) is 64.3 Å². The van der Waals surface area contributed by atoms with Gasteiger partial charge < -0.3 is 15.8 Å². The number of hydrogen-bond acceptors (Lipinski definition) is 4. The highest BCUT2D eigenvalue weighted by atomic mass is 127. The largest absolute Gasteiger partial charge is 0.465 e. The molecule has 0 unspecified atom stereocenters. The molecule has 2 aromatic carbocycles. The molecule has 0 atom stereocenters. The number of anilines is 3. The van der Waals surface area contributed by atoms with Crippen LogP contribution in [-0.2, 0) is 4.74 Å². The molecule has 0 heterocycles. The highest BCUT2D eigenvalue weighted by Crippen LogP contribution is 2.28. The Bertz CT molecular complexity index is 662. The molecule has 0 radical (unpaired) electrons. The lowest BCUT2D eigenvalue weighted by Crippen LogP contribution is -2.04. The van der Waals surface area contributed by atoms with Crippen LogP contribution in [0.2, 0.25) is 0 Å². The zero-order valence-electron chi connectivity index (χ0n) is 10.6. The Kier molecular flexibility index (Phi) is 4.43. The molecule has 104 valence electrons. The number of benzene rings is 2. The molecule has 0 amide bonds. The summed E-state index contributed by atoms with van der Waals surface area (Å²) < 4.78 is 18.4. The van der Waals surface area contributed by atoms with Gasteiger partial charge >= 0.3 is 5.97 Å². The van der Waals surface area contributed by atoms with Gasteiger partial charge in [0.15, 0.2) is 0 Å². The van der Waals surface area contributed by atoms with Gasteiger partial charge in [-0.25, -0.2) is 9.18 Å². The highest BCUT2D eigenvalue weighted by molar-refractivity contribution is 14.1. The predicted octanol–water partition coefficient (Wildman–Crippen LogP) is 3.54. The Balaban J connectivity index is 2.35. The zero-order chi connectivity index (χ0) is 14.7. The number of carbonyl (C=O) groups is 1. The molecule has 0 saturated heterocycles. The number of halogens is 2.